The van der Waals surface area contributed by atoms with Crippen LogP contribution in [0.25, 0.3) is 11.0 Å². The summed E-state index contributed by atoms with van der Waals surface area (Å²) in [6.45, 7) is 6.97. The summed E-state index contributed by atoms with van der Waals surface area (Å²) in [5.74, 6) is 1.58. The van der Waals surface area contributed by atoms with Crippen molar-refractivity contribution >= 4 is 44.7 Å². The van der Waals surface area contributed by atoms with E-state index in [0.29, 0.717) is 30.4 Å². The Morgan fingerprint density at radius 1 is 0.957 bits per heavy atom. The van der Waals surface area contributed by atoms with Crippen LogP contribution in [0.15, 0.2) is 109 Å². The zero-order valence-corrected chi connectivity index (χ0v) is 27.3. The molecular weight excluding hydrogens is 616 g/mol. The van der Waals surface area contributed by atoms with Gasteiger partial charge in [0.05, 0.1) is 18.3 Å². The third-order valence-electron chi connectivity index (χ3n) is 7.16. The van der Waals surface area contributed by atoms with E-state index >= 15 is 4.39 Å². The van der Waals surface area contributed by atoms with Crippen LogP contribution in [0.5, 0.6) is 5.75 Å². The average molecular weight is 653 g/mol. The van der Waals surface area contributed by atoms with E-state index in [1.807, 2.05) is 80.2 Å². The number of alkyl carbamates (subject to hydrolysis) is 1. The smallest absolute Gasteiger partial charge is 0.407 e. The Hall–Kier alpha value is -5.16. The van der Waals surface area contributed by atoms with Gasteiger partial charge in [0.1, 0.15) is 17.4 Å². The first-order valence-electron chi connectivity index (χ1n) is 15.3. The number of anilines is 2. The second-order valence-corrected chi connectivity index (χ2v) is 13.8. The van der Waals surface area contributed by atoms with Crippen molar-refractivity contribution in [2.75, 3.05) is 11.9 Å². The van der Waals surface area contributed by atoms with Crippen LogP contribution in [0, 0.1) is 5.82 Å². The van der Waals surface area contributed by atoms with Crippen molar-refractivity contribution < 1.29 is 18.7 Å². The van der Waals surface area contributed by atoms with Gasteiger partial charge in [-0.15, -0.1) is 0 Å². The molecule has 47 heavy (non-hydrogen) atoms. The topological polar surface area (TPSA) is 93.5 Å². The van der Waals surface area contributed by atoms with Gasteiger partial charge in [0.2, 0.25) is 0 Å². The largest absolute Gasteiger partial charge is 0.452 e. The molecule has 0 fully saturated rings. The fraction of sp³-hybridized carbons (Fsp3) is 0.222. The van der Waals surface area contributed by atoms with Crippen LogP contribution in [0.3, 0.4) is 0 Å². The highest BCUT2D eigenvalue weighted by Crippen LogP contribution is 2.35. The Morgan fingerprint density at radius 3 is 2.43 bits per heavy atom. The summed E-state index contributed by atoms with van der Waals surface area (Å²) in [4.78, 5) is 20.9. The molecule has 1 aliphatic rings. The second-order valence-electron chi connectivity index (χ2n) is 12.0. The molecule has 2 aromatic heterocycles. The Balaban J connectivity index is 1.15. The van der Waals surface area contributed by atoms with Gasteiger partial charge in [-0.3, -0.25) is 0 Å². The third kappa shape index (κ3) is 8.36. The quantitative estimate of drug-likeness (QED) is 0.141. The lowest BCUT2D eigenvalue weighted by Crippen LogP contribution is -2.34. The first kappa shape index (κ1) is 31.8. The highest BCUT2D eigenvalue weighted by molar-refractivity contribution is 8.12. The fourth-order valence-corrected chi connectivity index (χ4v) is 6.93. The van der Waals surface area contributed by atoms with E-state index in [2.05, 4.69) is 54.5 Å². The maximum Gasteiger partial charge on any atom is 0.407 e. The Morgan fingerprint density at radius 2 is 1.70 bits per heavy atom. The van der Waals surface area contributed by atoms with Crippen LogP contribution in [-0.4, -0.2) is 42.4 Å². The Labute approximate surface area is 276 Å². The number of halogens is 1. The van der Waals surface area contributed by atoms with Crippen LogP contribution in [-0.2, 0) is 23.6 Å². The van der Waals surface area contributed by atoms with Crippen molar-refractivity contribution in [2.24, 2.45) is 0 Å². The van der Waals surface area contributed by atoms with Gasteiger partial charge < -0.3 is 29.0 Å². The van der Waals surface area contributed by atoms with E-state index in [-0.39, 0.29) is 16.4 Å². The molecule has 9 nitrogen and oxygen atoms in total. The Kier molecular flexibility index (Phi) is 9.53. The van der Waals surface area contributed by atoms with Gasteiger partial charge in [0.25, 0.3) is 0 Å². The van der Waals surface area contributed by atoms with E-state index in [4.69, 9.17) is 9.47 Å². The number of nitrogens with zero attached hydrogens (tertiary/aromatic N) is 4. The molecule has 1 atom stereocenters. The maximum atomic E-state index is 15.5. The number of rotatable bonds is 11. The first-order valence-corrected chi connectivity index (χ1v) is 16.7. The van der Waals surface area contributed by atoms with Gasteiger partial charge in [0, 0.05) is 42.2 Å². The average Bonchev–Trinajstić information content (AvgIpc) is 3.62. The van der Waals surface area contributed by atoms with E-state index in [9.17, 15) is 4.79 Å². The summed E-state index contributed by atoms with van der Waals surface area (Å²) in [5.41, 5.74) is 3.79. The summed E-state index contributed by atoms with van der Waals surface area (Å²) in [6.07, 6.45) is 4.81. The molecule has 0 saturated carbocycles. The molecule has 0 radical (unpaired) electrons. The number of allylic oxidation sites excluding steroid dienone is 1. The number of carbonyl (C=O) groups is 1. The Bertz CT molecular complexity index is 1920. The van der Waals surface area contributed by atoms with Crippen molar-refractivity contribution in [3.8, 4) is 5.75 Å². The highest BCUT2D eigenvalue weighted by atomic mass is 32.2. The molecule has 5 aromatic rings. The third-order valence-corrected chi connectivity index (χ3v) is 9.13. The standard InChI is InChI=1S/C36H37FN6O3S/c1-36(2,3)46-35(44)38-17-19-42-18-16-31-33(42)34(40-25-39-31)41-28-14-15-32(30(37)20-28)45-29-22-43(21-26-10-6-4-7-11-26)47(24-29)23-27-12-8-5-9-13-27/h4-16,18,20,22,24-25H,17,19,21,23H2,1-3H3,(H,38,44)(H,39,40,41). The first-order chi connectivity index (χ1) is 22.7. The molecule has 242 valence electrons. The van der Waals surface area contributed by atoms with E-state index in [1.165, 1.54) is 23.5 Å². The van der Waals surface area contributed by atoms with Gasteiger partial charge in [-0.1, -0.05) is 71.3 Å². The van der Waals surface area contributed by atoms with Crippen LogP contribution in [0.1, 0.15) is 31.9 Å². The monoisotopic (exact) mass is 652 g/mol. The van der Waals surface area contributed by atoms with Crippen molar-refractivity contribution in [1.82, 2.24) is 24.2 Å². The molecule has 2 N–H and O–H groups in total. The minimum atomic E-state index is -0.578. The molecule has 1 aliphatic heterocycles. The van der Waals surface area contributed by atoms with Crippen LogP contribution < -0.4 is 15.4 Å². The molecule has 0 aliphatic carbocycles. The van der Waals surface area contributed by atoms with Gasteiger partial charge >= 0.3 is 6.09 Å². The molecule has 6 rings (SSSR count). The molecule has 3 aromatic carbocycles. The summed E-state index contributed by atoms with van der Waals surface area (Å²) >= 11 is 0. The molecule has 3 heterocycles. The van der Waals surface area contributed by atoms with Crippen LogP contribution >= 0.6 is 10.7 Å². The van der Waals surface area contributed by atoms with Crippen molar-refractivity contribution in [3.05, 3.63) is 126 Å². The van der Waals surface area contributed by atoms with Gasteiger partial charge in [0.15, 0.2) is 23.1 Å². The summed E-state index contributed by atoms with van der Waals surface area (Å²) < 4.78 is 31.1. The zero-order chi connectivity index (χ0) is 32.8. The number of amides is 1. The number of ether oxygens (including phenoxy) is 2. The highest BCUT2D eigenvalue weighted by Gasteiger charge is 2.19. The molecular formula is C36H37FN6O3S. The number of aromatic nitrogens is 3. The lowest BCUT2D eigenvalue weighted by atomic mass is 10.2. The number of fused-ring (bicyclic) bond motifs is 1. The predicted molar refractivity (Wildman–Crippen MR) is 186 cm³/mol. The molecule has 0 bridgehead atoms. The van der Waals surface area contributed by atoms with E-state index in [1.54, 1.807) is 12.1 Å². The summed E-state index contributed by atoms with van der Waals surface area (Å²) in [5, 5.41) is 8.07. The molecule has 1 amide bonds. The van der Waals surface area contributed by atoms with Crippen molar-refractivity contribution in [1.29, 1.82) is 0 Å². The predicted octanol–water partition coefficient (Wildman–Crippen LogP) is 7.76. The number of nitrogens with one attached hydrogen (secondary N) is 2. The normalized spacial score (nSPS) is 14.4. The van der Waals surface area contributed by atoms with E-state index in [0.717, 1.165) is 23.3 Å². The van der Waals surface area contributed by atoms with Gasteiger partial charge in [-0.05, 0) is 50.1 Å². The number of benzene rings is 3. The molecule has 0 saturated heterocycles. The second kappa shape index (κ2) is 14.1. The molecule has 1 unspecified atom stereocenters. The van der Waals surface area contributed by atoms with Crippen LogP contribution in [0.4, 0.5) is 20.7 Å². The van der Waals surface area contributed by atoms with Crippen molar-refractivity contribution in [3.63, 3.8) is 0 Å². The maximum absolute atomic E-state index is 15.5. The minimum absolute atomic E-state index is 0.132. The summed E-state index contributed by atoms with van der Waals surface area (Å²) in [6, 6.07) is 27.2. The van der Waals surface area contributed by atoms with E-state index < -0.39 is 17.5 Å². The number of hydrogen-bond donors (Lipinski definition) is 2. The summed E-state index contributed by atoms with van der Waals surface area (Å²) in [7, 11) is -0.270. The minimum Gasteiger partial charge on any atom is -0.452 e. The van der Waals surface area contributed by atoms with Gasteiger partial charge in [-0.2, -0.15) is 0 Å². The molecule has 0 spiro atoms. The van der Waals surface area contributed by atoms with Crippen LogP contribution in [0.2, 0.25) is 0 Å². The van der Waals surface area contributed by atoms with Gasteiger partial charge in [-0.25, -0.2) is 19.2 Å². The lowest BCUT2D eigenvalue weighted by molar-refractivity contribution is 0.0526. The lowest BCUT2D eigenvalue weighted by Gasteiger charge is -2.21. The molecule has 11 heteroatoms. The van der Waals surface area contributed by atoms with Crippen molar-refractivity contribution in [2.45, 2.75) is 45.2 Å². The fourth-order valence-electron chi connectivity index (χ4n) is 5.08. The zero-order valence-electron chi connectivity index (χ0n) is 26.5. The number of carbonyl (C=O) groups excluding carboxylic acids is 1. The SMILES string of the molecule is CC(C)(C)OC(=O)NCCn1ccc2ncnc(Nc3ccc(OC4=CN(Cc5ccccc5)S(Cc5ccccc5)=C4)c(F)c3)c21. The number of hydrogen-bond acceptors (Lipinski definition) is 7.